The van der Waals surface area contributed by atoms with Crippen molar-refractivity contribution in [1.82, 2.24) is 15.1 Å². The van der Waals surface area contributed by atoms with Crippen LogP contribution in [0.2, 0.25) is 5.02 Å². The summed E-state index contributed by atoms with van der Waals surface area (Å²) < 4.78 is 2.04. The van der Waals surface area contributed by atoms with Crippen LogP contribution in [0.15, 0.2) is 0 Å². The maximum atomic E-state index is 6.38. The van der Waals surface area contributed by atoms with E-state index in [2.05, 4.69) is 45.0 Å². The quantitative estimate of drug-likeness (QED) is 0.825. The predicted molar refractivity (Wildman–Crippen MR) is 82.9 cm³/mol. The smallest absolute Gasteiger partial charge is 0.0847 e. The van der Waals surface area contributed by atoms with E-state index in [1.165, 1.54) is 5.69 Å². The van der Waals surface area contributed by atoms with Crippen molar-refractivity contribution in [3.8, 4) is 0 Å². The molecule has 1 aromatic heterocycles. The van der Waals surface area contributed by atoms with Crippen LogP contribution >= 0.6 is 11.6 Å². The maximum Gasteiger partial charge on any atom is 0.0847 e. The Labute approximate surface area is 122 Å². The van der Waals surface area contributed by atoms with Crippen LogP contribution in [0.3, 0.4) is 0 Å². The van der Waals surface area contributed by atoms with Crippen molar-refractivity contribution in [3.05, 3.63) is 16.4 Å². The molecule has 0 aliphatic rings. The third-order valence-corrected chi connectivity index (χ3v) is 3.94. The Morgan fingerprint density at radius 2 is 2.00 bits per heavy atom. The number of halogens is 1. The number of hydrogen-bond donors (Lipinski definition) is 1. The van der Waals surface area contributed by atoms with Crippen molar-refractivity contribution >= 4 is 11.6 Å². The Kier molecular flexibility index (Phi) is 5.87. The summed E-state index contributed by atoms with van der Waals surface area (Å²) in [5, 5.41) is 8.81. The van der Waals surface area contributed by atoms with Gasteiger partial charge in [0.05, 0.1) is 16.4 Å². The zero-order valence-corrected chi connectivity index (χ0v) is 13.9. The number of aryl methyl sites for hydroxylation is 2. The molecule has 0 unspecified atom stereocenters. The molecule has 19 heavy (non-hydrogen) atoms. The van der Waals surface area contributed by atoms with Gasteiger partial charge in [0.1, 0.15) is 0 Å². The number of nitrogens with zero attached hydrogens (tertiary/aromatic N) is 2. The lowest BCUT2D eigenvalue weighted by Crippen LogP contribution is -2.29. The standard InChI is InChI=1S/C15H28ClN3/c1-7-19-13(14(16)12(4)18-19)10-15(5,6)8-9-17-11(2)3/h11,17H,7-10H2,1-6H3. The molecule has 0 atom stereocenters. The highest BCUT2D eigenvalue weighted by Crippen LogP contribution is 2.30. The molecule has 0 aliphatic heterocycles. The van der Waals surface area contributed by atoms with Crippen LogP contribution in [-0.2, 0) is 13.0 Å². The highest BCUT2D eigenvalue weighted by molar-refractivity contribution is 6.31. The van der Waals surface area contributed by atoms with Crippen LogP contribution in [0, 0.1) is 12.3 Å². The lowest BCUT2D eigenvalue weighted by atomic mass is 9.84. The molecular weight excluding hydrogens is 258 g/mol. The lowest BCUT2D eigenvalue weighted by molar-refractivity contribution is 0.312. The fraction of sp³-hybridized carbons (Fsp3) is 0.800. The minimum Gasteiger partial charge on any atom is -0.315 e. The van der Waals surface area contributed by atoms with Crippen molar-refractivity contribution in [1.29, 1.82) is 0 Å². The molecule has 1 rings (SSSR count). The van der Waals surface area contributed by atoms with Crippen LogP contribution in [0.5, 0.6) is 0 Å². The van der Waals surface area contributed by atoms with E-state index in [4.69, 9.17) is 11.6 Å². The maximum absolute atomic E-state index is 6.38. The van der Waals surface area contributed by atoms with E-state index in [0.717, 1.165) is 36.6 Å². The van der Waals surface area contributed by atoms with Gasteiger partial charge in [-0.15, -0.1) is 0 Å². The second kappa shape index (κ2) is 6.76. The number of aromatic nitrogens is 2. The van der Waals surface area contributed by atoms with Gasteiger partial charge in [0.2, 0.25) is 0 Å². The summed E-state index contributed by atoms with van der Waals surface area (Å²) in [4.78, 5) is 0. The monoisotopic (exact) mass is 285 g/mol. The van der Waals surface area contributed by atoms with E-state index in [0.29, 0.717) is 6.04 Å². The minimum atomic E-state index is 0.227. The Morgan fingerprint density at radius 3 is 2.53 bits per heavy atom. The molecule has 0 aromatic carbocycles. The summed E-state index contributed by atoms with van der Waals surface area (Å²) in [6.07, 6.45) is 2.11. The van der Waals surface area contributed by atoms with Gasteiger partial charge in [0.15, 0.2) is 0 Å². The molecular formula is C15H28ClN3. The van der Waals surface area contributed by atoms with Gasteiger partial charge in [0, 0.05) is 12.6 Å². The molecule has 0 spiro atoms. The Bertz CT molecular complexity index is 408. The van der Waals surface area contributed by atoms with Crippen LogP contribution in [0.4, 0.5) is 0 Å². The van der Waals surface area contributed by atoms with E-state index in [9.17, 15) is 0 Å². The molecule has 0 amide bonds. The molecule has 1 N–H and O–H groups in total. The third-order valence-electron chi connectivity index (χ3n) is 3.45. The molecule has 0 bridgehead atoms. The largest absolute Gasteiger partial charge is 0.315 e. The minimum absolute atomic E-state index is 0.227. The number of rotatable bonds is 7. The number of nitrogens with one attached hydrogen (secondary N) is 1. The first-order valence-corrected chi connectivity index (χ1v) is 7.60. The van der Waals surface area contributed by atoms with Crippen molar-refractivity contribution < 1.29 is 0 Å². The second-order valence-electron chi connectivity index (χ2n) is 6.36. The van der Waals surface area contributed by atoms with Crippen molar-refractivity contribution in [2.45, 2.75) is 67.0 Å². The van der Waals surface area contributed by atoms with Gasteiger partial charge in [-0.3, -0.25) is 4.68 Å². The first-order valence-electron chi connectivity index (χ1n) is 7.22. The Balaban J connectivity index is 2.71. The molecule has 3 nitrogen and oxygen atoms in total. The van der Waals surface area contributed by atoms with E-state index < -0.39 is 0 Å². The van der Waals surface area contributed by atoms with Crippen LogP contribution < -0.4 is 5.32 Å². The molecule has 110 valence electrons. The highest BCUT2D eigenvalue weighted by Gasteiger charge is 2.23. The van der Waals surface area contributed by atoms with E-state index in [1.807, 2.05) is 11.6 Å². The summed E-state index contributed by atoms with van der Waals surface area (Å²) >= 11 is 6.38. The zero-order valence-electron chi connectivity index (χ0n) is 13.2. The molecule has 1 aromatic rings. The normalized spacial score (nSPS) is 12.4. The summed E-state index contributed by atoms with van der Waals surface area (Å²) in [6.45, 7) is 15.0. The first kappa shape index (κ1) is 16.5. The fourth-order valence-electron chi connectivity index (χ4n) is 2.28. The molecule has 0 aliphatic carbocycles. The van der Waals surface area contributed by atoms with Crippen molar-refractivity contribution in [2.24, 2.45) is 5.41 Å². The lowest BCUT2D eigenvalue weighted by Gasteiger charge is -2.26. The van der Waals surface area contributed by atoms with Crippen LogP contribution in [0.25, 0.3) is 0 Å². The van der Waals surface area contributed by atoms with Gasteiger partial charge in [-0.25, -0.2) is 0 Å². The SMILES string of the molecule is CCn1nc(C)c(Cl)c1CC(C)(C)CCNC(C)C. The van der Waals surface area contributed by atoms with Crippen molar-refractivity contribution in [3.63, 3.8) is 0 Å². The van der Waals surface area contributed by atoms with E-state index in [1.54, 1.807) is 0 Å². The van der Waals surface area contributed by atoms with Gasteiger partial charge in [0.25, 0.3) is 0 Å². The molecule has 0 radical (unpaired) electrons. The van der Waals surface area contributed by atoms with E-state index in [-0.39, 0.29) is 5.41 Å². The topological polar surface area (TPSA) is 29.9 Å². The van der Waals surface area contributed by atoms with Gasteiger partial charge in [-0.05, 0) is 38.6 Å². The molecule has 1 heterocycles. The molecule has 0 saturated carbocycles. The Hall–Kier alpha value is -0.540. The third kappa shape index (κ3) is 4.81. The molecule has 0 saturated heterocycles. The average Bonchev–Trinajstić information content (AvgIpc) is 2.55. The van der Waals surface area contributed by atoms with E-state index >= 15 is 0 Å². The van der Waals surface area contributed by atoms with Gasteiger partial charge < -0.3 is 5.32 Å². The predicted octanol–water partition coefficient (Wildman–Crippen LogP) is 3.82. The van der Waals surface area contributed by atoms with Gasteiger partial charge in [-0.1, -0.05) is 39.3 Å². The second-order valence-corrected chi connectivity index (χ2v) is 6.74. The average molecular weight is 286 g/mol. The first-order chi connectivity index (χ1) is 8.76. The molecule has 4 heteroatoms. The fourth-order valence-corrected chi connectivity index (χ4v) is 2.48. The molecule has 0 fully saturated rings. The van der Waals surface area contributed by atoms with Gasteiger partial charge in [-0.2, -0.15) is 5.10 Å². The van der Waals surface area contributed by atoms with Crippen LogP contribution in [-0.4, -0.2) is 22.4 Å². The highest BCUT2D eigenvalue weighted by atomic mass is 35.5. The summed E-state index contributed by atoms with van der Waals surface area (Å²) in [6, 6.07) is 0.544. The summed E-state index contributed by atoms with van der Waals surface area (Å²) in [5.74, 6) is 0. The summed E-state index contributed by atoms with van der Waals surface area (Å²) in [7, 11) is 0. The van der Waals surface area contributed by atoms with Gasteiger partial charge >= 0.3 is 0 Å². The summed E-state index contributed by atoms with van der Waals surface area (Å²) in [5.41, 5.74) is 2.34. The zero-order chi connectivity index (χ0) is 14.6. The number of hydrogen-bond acceptors (Lipinski definition) is 2. The van der Waals surface area contributed by atoms with Crippen molar-refractivity contribution in [2.75, 3.05) is 6.54 Å². The van der Waals surface area contributed by atoms with Crippen LogP contribution in [0.1, 0.15) is 52.4 Å². The Morgan fingerprint density at radius 1 is 1.37 bits per heavy atom.